The Balaban J connectivity index is 1.42. The lowest BCUT2D eigenvalue weighted by atomic mass is 9.96. The maximum absolute atomic E-state index is 13.4. The highest BCUT2D eigenvalue weighted by Crippen LogP contribution is 2.33. The Morgan fingerprint density at radius 2 is 0.753 bits per heavy atom. The largest absolute Gasteiger partial charge is 0.394 e. The topological polar surface area (TPSA) is 307 Å². The Kier molecular flexibility index (Phi) is 49.7. The third kappa shape index (κ3) is 36.4. The van der Waals surface area contributed by atoms with Crippen LogP contribution in [0.5, 0.6) is 0 Å². The van der Waals surface area contributed by atoms with Crippen LogP contribution in [0.25, 0.3) is 0 Å². The highest BCUT2D eigenvalue weighted by molar-refractivity contribution is 5.76. The van der Waals surface area contributed by atoms with Crippen molar-refractivity contribution in [3.05, 3.63) is 85.1 Å². The summed E-state index contributed by atoms with van der Waals surface area (Å²) in [5.74, 6) is -0.289. The fourth-order valence-corrected chi connectivity index (χ4v) is 11.8. The number of carbonyl (C=O) groups is 1. The summed E-state index contributed by atoms with van der Waals surface area (Å²) in [5.41, 5.74) is 0. The SMILES string of the molecule is CC/C=C\C/C=C\C/C=C\C/C=C\C/C=C\CCCCCCCCCCCCCCCC(=O)NC(COC1OC(CO)C(OC2OC(CO)C(OC3OC(CO)C(O)C(O)C3O)C(O)C2O)C(O)C1O)C(O)/C=C/CC/C=C/CCCCCCCCCCCCCCC. The molecule has 0 saturated carbocycles. The van der Waals surface area contributed by atoms with E-state index in [1.54, 1.807) is 6.08 Å². The van der Waals surface area contributed by atoms with E-state index < -0.39 is 124 Å². The molecule has 0 aromatic heterocycles. The van der Waals surface area contributed by atoms with Crippen molar-refractivity contribution in [2.75, 3.05) is 26.4 Å². The smallest absolute Gasteiger partial charge is 0.220 e. The molecule has 538 valence electrons. The first-order valence-electron chi connectivity index (χ1n) is 36.3. The maximum atomic E-state index is 13.4. The summed E-state index contributed by atoms with van der Waals surface area (Å²) in [7, 11) is 0. The van der Waals surface area contributed by atoms with E-state index in [2.05, 4.69) is 92.1 Å². The van der Waals surface area contributed by atoms with Crippen LogP contribution in [0.4, 0.5) is 0 Å². The minimum Gasteiger partial charge on any atom is -0.394 e. The molecule has 3 aliphatic rings. The number of nitrogens with one attached hydrogen (secondary N) is 1. The summed E-state index contributed by atoms with van der Waals surface area (Å²) in [6.07, 6.45) is 44.1. The van der Waals surface area contributed by atoms with Crippen LogP contribution in [0.15, 0.2) is 85.1 Å². The summed E-state index contributed by atoms with van der Waals surface area (Å²) >= 11 is 0. The second-order valence-corrected chi connectivity index (χ2v) is 25.7. The zero-order chi connectivity index (χ0) is 67.5. The van der Waals surface area contributed by atoms with E-state index in [0.717, 1.165) is 83.5 Å². The molecule has 3 saturated heterocycles. The van der Waals surface area contributed by atoms with Crippen molar-refractivity contribution >= 4 is 5.91 Å². The van der Waals surface area contributed by atoms with Gasteiger partial charge in [0.15, 0.2) is 18.9 Å². The third-order valence-electron chi connectivity index (χ3n) is 17.7. The van der Waals surface area contributed by atoms with Crippen LogP contribution in [0.2, 0.25) is 0 Å². The highest BCUT2D eigenvalue weighted by atomic mass is 16.8. The predicted octanol–water partition coefficient (Wildman–Crippen LogP) is 10.3. The molecule has 93 heavy (non-hydrogen) atoms. The van der Waals surface area contributed by atoms with Gasteiger partial charge in [0.1, 0.15) is 73.2 Å². The molecule has 19 heteroatoms. The van der Waals surface area contributed by atoms with Gasteiger partial charge in [0.25, 0.3) is 0 Å². The molecule has 3 rings (SSSR count). The number of allylic oxidation sites excluding steroid dienone is 13. The minimum atomic E-state index is -1.98. The lowest BCUT2D eigenvalue weighted by molar-refractivity contribution is -0.379. The average Bonchev–Trinajstić information content (AvgIpc) is 1.00. The summed E-state index contributed by atoms with van der Waals surface area (Å²) in [5, 5.41) is 121. The second-order valence-electron chi connectivity index (χ2n) is 25.7. The van der Waals surface area contributed by atoms with Crippen LogP contribution in [0, 0.1) is 0 Å². The van der Waals surface area contributed by atoms with Gasteiger partial charge >= 0.3 is 0 Å². The fourth-order valence-electron chi connectivity index (χ4n) is 11.8. The molecule has 0 radical (unpaired) electrons. The van der Waals surface area contributed by atoms with Gasteiger partial charge in [-0.1, -0.05) is 247 Å². The van der Waals surface area contributed by atoms with Crippen molar-refractivity contribution in [2.45, 2.75) is 349 Å². The number of hydrogen-bond donors (Lipinski definition) is 12. The summed E-state index contributed by atoms with van der Waals surface area (Å²) in [6.45, 7) is 1.61. The van der Waals surface area contributed by atoms with E-state index in [4.69, 9.17) is 28.4 Å². The summed E-state index contributed by atoms with van der Waals surface area (Å²) in [4.78, 5) is 13.4. The van der Waals surface area contributed by atoms with Gasteiger partial charge in [0.2, 0.25) is 5.91 Å². The number of rotatable bonds is 55. The molecule has 17 unspecified atom stereocenters. The lowest BCUT2D eigenvalue weighted by Gasteiger charge is -2.48. The van der Waals surface area contributed by atoms with Crippen LogP contribution >= 0.6 is 0 Å². The zero-order valence-corrected chi connectivity index (χ0v) is 57.0. The molecule has 12 N–H and O–H groups in total. The van der Waals surface area contributed by atoms with Crippen molar-refractivity contribution in [1.29, 1.82) is 0 Å². The molecule has 1 amide bonds. The Hall–Kier alpha value is -3.03. The van der Waals surface area contributed by atoms with Crippen molar-refractivity contribution in [2.24, 2.45) is 0 Å². The number of unbranched alkanes of at least 4 members (excludes halogenated alkanes) is 27. The molecule has 0 spiro atoms. The molecule has 0 aliphatic carbocycles. The molecule has 3 heterocycles. The Bertz CT molecular complexity index is 2010. The molecular formula is C74H129NO18. The lowest BCUT2D eigenvalue weighted by Crippen LogP contribution is -2.66. The van der Waals surface area contributed by atoms with Gasteiger partial charge in [-0.15, -0.1) is 0 Å². The van der Waals surface area contributed by atoms with Crippen molar-refractivity contribution < 1.29 is 89.4 Å². The monoisotopic (exact) mass is 1320 g/mol. The first kappa shape index (κ1) is 84.2. The van der Waals surface area contributed by atoms with Crippen molar-refractivity contribution in [3.8, 4) is 0 Å². The van der Waals surface area contributed by atoms with E-state index in [9.17, 15) is 61.0 Å². The fraction of sp³-hybridized carbons (Fsp3) is 0.797. The van der Waals surface area contributed by atoms with E-state index >= 15 is 0 Å². The Labute approximate surface area is 559 Å². The number of ether oxygens (including phenoxy) is 6. The van der Waals surface area contributed by atoms with Crippen LogP contribution in [-0.4, -0.2) is 193 Å². The molecule has 17 atom stereocenters. The molecule has 3 aliphatic heterocycles. The van der Waals surface area contributed by atoms with Crippen LogP contribution < -0.4 is 5.32 Å². The quantitative estimate of drug-likeness (QED) is 0.0199. The van der Waals surface area contributed by atoms with Gasteiger partial charge in [-0.05, 0) is 77.0 Å². The molecule has 0 aromatic rings. The minimum absolute atomic E-state index is 0.230. The maximum Gasteiger partial charge on any atom is 0.220 e. The van der Waals surface area contributed by atoms with Gasteiger partial charge < -0.3 is 89.9 Å². The summed E-state index contributed by atoms with van der Waals surface area (Å²) < 4.78 is 34.4. The second kappa shape index (κ2) is 54.9. The molecule has 19 nitrogen and oxygen atoms in total. The summed E-state index contributed by atoms with van der Waals surface area (Å²) in [6, 6.07) is -0.996. The van der Waals surface area contributed by atoms with Crippen molar-refractivity contribution in [3.63, 3.8) is 0 Å². The van der Waals surface area contributed by atoms with Gasteiger partial charge in [-0.3, -0.25) is 4.79 Å². The Morgan fingerprint density at radius 1 is 0.398 bits per heavy atom. The van der Waals surface area contributed by atoms with Crippen molar-refractivity contribution in [1.82, 2.24) is 5.32 Å². The predicted molar refractivity (Wildman–Crippen MR) is 364 cm³/mol. The number of carbonyl (C=O) groups excluding carboxylic acids is 1. The molecule has 3 fully saturated rings. The molecule has 0 bridgehead atoms. The first-order chi connectivity index (χ1) is 45.3. The zero-order valence-electron chi connectivity index (χ0n) is 57.0. The van der Waals surface area contributed by atoms with Gasteiger partial charge in [-0.25, -0.2) is 0 Å². The number of aliphatic hydroxyl groups excluding tert-OH is 11. The van der Waals surface area contributed by atoms with Crippen LogP contribution in [0.1, 0.15) is 245 Å². The molecule has 0 aromatic carbocycles. The van der Waals surface area contributed by atoms with Crippen LogP contribution in [-0.2, 0) is 33.2 Å². The standard InChI is InChI=1S/C74H129NO18/c1-3-5-7-9-11-13-15-17-19-21-23-24-25-26-27-28-29-30-31-32-34-36-38-40-42-44-46-48-50-52-62(80)75-57(58(79)51-49-47-45-43-41-39-37-35-33-22-20-18-16-14-12-10-8-6-4-2)56-88-72-68(86)65(83)70(60(54-77)90-72)93-74-69(87)66(84)71(61(55-78)91-74)92-73-67(85)64(82)63(81)59(53-76)89-73/h5,7,11,13,17,19,23-24,26-27,41,43,49,51,57-61,63-74,76-79,81-87H,3-4,6,8-10,12,14-16,18,20-22,25,28-40,42,44-48,50,52-56H2,1-2H3,(H,75,80)/b7-5-,13-11-,19-17-,24-23-,27-26-,43-41+,51-49+. The van der Waals surface area contributed by atoms with E-state index in [1.165, 1.54) is 128 Å². The van der Waals surface area contributed by atoms with Crippen LogP contribution in [0.3, 0.4) is 0 Å². The normalized spacial score (nSPS) is 28.0. The molecular weight excluding hydrogens is 1190 g/mol. The third-order valence-corrected chi connectivity index (χ3v) is 17.7. The Morgan fingerprint density at radius 3 is 1.20 bits per heavy atom. The van der Waals surface area contributed by atoms with Gasteiger partial charge in [-0.2, -0.15) is 0 Å². The van der Waals surface area contributed by atoms with E-state index in [0.29, 0.717) is 12.8 Å². The first-order valence-corrected chi connectivity index (χ1v) is 36.3. The number of amides is 1. The van der Waals surface area contributed by atoms with Gasteiger partial charge in [0, 0.05) is 6.42 Å². The highest BCUT2D eigenvalue weighted by Gasteiger charge is 2.53. The average molecular weight is 1320 g/mol. The van der Waals surface area contributed by atoms with E-state index in [1.807, 2.05) is 6.08 Å². The number of aliphatic hydroxyl groups is 11. The number of hydrogen-bond acceptors (Lipinski definition) is 18. The van der Waals surface area contributed by atoms with Gasteiger partial charge in [0.05, 0.1) is 38.6 Å². The van der Waals surface area contributed by atoms with E-state index in [-0.39, 0.29) is 18.9 Å².